The van der Waals surface area contributed by atoms with E-state index in [1.807, 2.05) is 87.5 Å². The van der Waals surface area contributed by atoms with Crippen molar-refractivity contribution in [1.82, 2.24) is 4.90 Å². The van der Waals surface area contributed by atoms with E-state index < -0.39 is 40.5 Å². The molecule has 1 heterocycles. The number of aromatic hydroxyl groups is 1. The molecule has 2 amide bonds. The van der Waals surface area contributed by atoms with Gasteiger partial charge in [-0.1, -0.05) is 83.9 Å². The summed E-state index contributed by atoms with van der Waals surface area (Å²) in [4.78, 5) is 59.5. The number of amides is 2. The highest BCUT2D eigenvalue weighted by atomic mass is 35.5. The molecule has 0 aromatic heterocycles. The van der Waals surface area contributed by atoms with Crippen molar-refractivity contribution < 1.29 is 29.0 Å². The number of Topliss-reactive ketones (excluding diaryl/α,β-unsaturated/α-hetero) is 1. The summed E-state index contributed by atoms with van der Waals surface area (Å²) in [6.07, 6.45) is 4.03. The number of hydrogen-bond acceptors (Lipinski definition) is 6. The molecule has 7 rings (SSSR count). The number of carbonyl (C=O) groups is 4. The van der Waals surface area contributed by atoms with Gasteiger partial charge in [0.2, 0.25) is 11.8 Å². The van der Waals surface area contributed by atoms with Gasteiger partial charge in [0.15, 0.2) is 23.1 Å². The van der Waals surface area contributed by atoms with E-state index in [-0.39, 0.29) is 46.3 Å². The first-order valence-corrected chi connectivity index (χ1v) is 16.3. The van der Waals surface area contributed by atoms with Crippen molar-refractivity contribution in [1.29, 1.82) is 0 Å². The largest absolute Gasteiger partial charge is 0.503 e. The van der Waals surface area contributed by atoms with Gasteiger partial charge in [-0.3, -0.25) is 24.1 Å². The first kappa shape index (κ1) is 31.1. The SMILES string of the molecule is COc1cc(C2C3=CCC4C(=O)N(C(C)(C)C)C(=O)C4C3CC3C(=O)C(c4ccccc4)=CC(=O)C32c2ccccc2)cc(Cl)c1O. The van der Waals surface area contributed by atoms with E-state index in [0.717, 1.165) is 5.57 Å². The van der Waals surface area contributed by atoms with Gasteiger partial charge in [0.1, 0.15) is 0 Å². The third kappa shape index (κ3) is 4.46. The molecule has 1 aliphatic heterocycles. The number of likely N-dealkylation sites (tertiary alicyclic amines) is 1. The third-order valence-corrected chi connectivity index (χ3v) is 10.9. The molecule has 3 aromatic carbocycles. The Morgan fingerprint density at radius 2 is 1.57 bits per heavy atom. The van der Waals surface area contributed by atoms with Gasteiger partial charge in [0.05, 0.1) is 29.4 Å². The topological polar surface area (TPSA) is 101 Å². The van der Waals surface area contributed by atoms with Crippen molar-refractivity contribution in [3.05, 3.63) is 112 Å². The molecule has 7 nitrogen and oxygen atoms in total. The van der Waals surface area contributed by atoms with E-state index in [1.54, 1.807) is 12.1 Å². The summed E-state index contributed by atoms with van der Waals surface area (Å²) in [7, 11) is 1.42. The van der Waals surface area contributed by atoms with Crippen molar-refractivity contribution >= 4 is 40.6 Å². The van der Waals surface area contributed by atoms with E-state index in [4.69, 9.17) is 16.3 Å². The first-order chi connectivity index (χ1) is 22.4. The van der Waals surface area contributed by atoms with E-state index in [9.17, 15) is 19.5 Å². The van der Waals surface area contributed by atoms with Crippen LogP contribution in [0.5, 0.6) is 11.5 Å². The summed E-state index contributed by atoms with van der Waals surface area (Å²) < 4.78 is 5.52. The van der Waals surface area contributed by atoms with Gasteiger partial charge >= 0.3 is 0 Å². The summed E-state index contributed by atoms with van der Waals surface area (Å²) in [5, 5.41) is 10.8. The van der Waals surface area contributed by atoms with Gasteiger partial charge in [0.25, 0.3) is 0 Å². The zero-order valence-electron chi connectivity index (χ0n) is 26.7. The lowest BCUT2D eigenvalue weighted by atomic mass is 9.44. The highest BCUT2D eigenvalue weighted by Crippen LogP contribution is 2.64. The molecule has 47 heavy (non-hydrogen) atoms. The number of ketones is 2. The van der Waals surface area contributed by atoms with Gasteiger partial charge in [-0.05, 0) is 74.4 Å². The van der Waals surface area contributed by atoms with Crippen LogP contribution in [0.15, 0.2) is 90.5 Å². The second kappa shape index (κ2) is 11.1. The molecule has 0 radical (unpaired) electrons. The van der Waals surface area contributed by atoms with Crippen molar-refractivity contribution in [2.75, 3.05) is 7.11 Å². The number of nitrogens with zero attached hydrogens (tertiary/aromatic N) is 1. The number of hydrogen-bond donors (Lipinski definition) is 1. The van der Waals surface area contributed by atoms with Gasteiger partial charge in [-0.2, -0.15) is 0 Å². The van der Waals surface area contributed by atoms with Crippen molar-refractivity contribution in [3.8, 4) is 11.5 Å². The summed E-state index contributed by atoms with van der Waals surface area (Å²) in [5.41, 5.74) is 0.938. The minimum absolute atomic E-state index is 0.0386. The van der Waals surface area contributed by atoms with Crippen molar-refractivity contribution in [2.24, 2.45) is 23.7 Å². The van der Waals surface area contributed by atoms with Gasteiger partial charge in [-0.15, -0.1) is 0 Å². The van der Waals surface area contributed by atoms with Crippen LogP contribution in [-0.4, -0.2) is 46.0 Å². The summed E-state index contributed by atoms with van der Waals surface area (Å²) in [5.74, 6) is -4.32. The Hall–Kier alpha value is -4.49. The molecule has 0 spiro atoms. The normalized spacial score (nSPS) is 28.7. The third-order valence-electron chi connectivity index (χ3n) is 10.6. The Labute approximate surface area is 278 Å². The highest BCUT2D eigenvalue weighted by molar-refractivity contribution is 6.33. The van der Waals surface area contributed by atoms with Crippen LogP contribution in [0.25, 0.3) is 5.57 Å². The molecule has 0 bridgehead atoms. The Balaban J connectivity index is 1.53. The molecular formula is C39H36ClNO6. The quantitative estimate of drug-likeness (QED) is 0.250. The maximum Gasteiger partial charge on any atom is 0.234 e. The van der Waals surface area contributed by atoms with Crippen LogP contribution >= 0.6 is 11.6 Å². The molecule has 4 aliphatic rings. The lowest BCUT2D eigenvalue weighted by Gasteiger charge is -2.55. The lowest BCUT2D eigenvalue weighted by Crippen LogP contribution is -2.59. The number of phenolic OH excluding ortho intramolecular Hbond substituents is 1. The van der Waals surface area contributed by atoms with Crippen LogP contribution in [0.3, 0.4) is 0 Å². The number of imide groups is 1. The number of methoxy groups -OCH3 is 1. The summed E-state index contributed by atoms with van der Waals surface area (Å²) in [6.45, 7) is 5.55. The molecule has 3 aliphatic carbocycles. The Morgan fingerprint density at radius 1 is 0.915 bits per heavy atom. The standard InChI is InChI=1S/C39H36ClNO6/c1-38(2,3)41-36(45)25-16-15-24-27(32(25)37(41)46)19-28-34(43)26(21-11-7-5-8-12-21)20-31(42)39(28,23-13-9-6-10-14-23)33(24)22-17-29(40)35(44)30(18-22)47-4/h5-15,17-18,20,25,27-28,32-33,44H,16,19H2,1-4H3. The summed E-state index contributed by atoms with van der Waals surface area (Å²) in [6, 6.07) is 21.8. The molecule has 1 saturated heterocycles. The number of carbonyl (C=O) groups excluding carboxylic acids is 4. The van der Waals surface area contributed by atoms with Crippen molar-refractivity contribution in [3.63, 3.8) is 0 Å². The number of phenols is 1. The fraction of sp³-hybridized carbons (Fsp3) is 0.333. The lowest BCUT2D eigenvalue weighted by molar-refractivity contribution is -0.145. The molecular weight excluding hydrogens is 614 g/mol. The number of ether oxygens (including phenoxy) is 1. The average Bonchev–Trinajstić information content (AvgIpc) is 3.33. The molecule has 1 N–H and O–H groups in total. The highest BCUT2D eigenvalue weighted by Gasteiger charge is 2.66. The van der Waals surface area contributed by atoms with Crippen LogP contribution < -0.4 is 4.74 Å². The van der Waals surface area contributed by atoms with Crippen LogP contribution in [0, 0.1) is 23.7 Å². The first-order valence-electron chi connectivity index (χ1n) is 16.0. The number of fused-ring (bicyclic) bond motifs is 4. The minimum Gasteiger partial charge on any atom is -0.503 e. The molecule has 6 atom stereocenters. The Bertz CT molecular complexity index is 1890. The van der Waals surface area contributed by atoms with E-state index in [0.29, 0.717) is 28.7 Å². The molecule has 240 valence electrons. The fourth-order valence-corrected chi connectivity index (χ4v) is 9.05. The van der Waals surface area contributed by atoms with Crippen LogP contribution in [0.1, 0.15) is 56.2 Å². The Kier molecular flexibility index (Phi) is 7.32. The molecule has 1 saturated carbocycles. The maximum atomic E-state index is 15.1. The van der Waals surface area contributed by atoms with E-state index >= 15 is 4.79 Å². The zero-order valence-corrected chi connectivity index (χ0v) is 27.5. The number of benzene rings is 3. The van der Waals surface area contributed by atoms with Crippen LogP contribution in [0.4, 0.5) is 0 Å². The fourth-order valence-electron chi connectivity index (χ4n) is 8.83. The van der Waals surface area contributed by atoms with Crippen molar-refractivity contribution in [2.45, 2.75) is 50.5 Å². The van der Waals surface area contributed by atoms with Crippen LogP contribution in [0.2, 0.25) is 5.02 Å². The average molecular weight is 650 g/mol. The van der Waals surface area contributed by atoms with Gasteiger partial charge in [0, 0.05) is 22.9 Å². The number of halogens is 1. The monoisotopic (exact) mass is 649 g/mol. The van der Waals surface area contributed by atoms with Crippen LogP contribution in [-0.2, 0) is 24.6 Å². The summed E-state index contributed by atoms with van der Waals surface area (Å²) >= 11 is 6.61. The minimum atomic E-state index is -1.40. The van der Waals surface area contributed by atoms with E-state index in [1.165, 1.54) is 18.1 Å². The molecule has 3 aromatic rings. The zero-order chi connectivity index (χ0) is 33.4. The molecule has 8 heteroatoms. The molecule has 6 unspecified atom stereocenters. The number of allylic oxidation sites excluding steroid dienone is 4. The van der Waals surface area contributed by atoms with Gasteiger partial charge < -0.3 is 9.84 Å². The predicted molar refractivity (Wildman–Crippen MR) is 178 cm³/mol. The molecule has 2 fully saturated rings. The Morgan fingerprint density at radius 3 is 2.21 bits per heavy atom. The second-order valence-corrected chi connectivity index (χ2v) is 14.4. The van der Waals surface area contributed by atoms with Gasteiger partial charge in [-0.25, -0.2) is 0 Å². The number of rotatable bonds is 4. The maximum absolute atomic E-state index is 15.1. The predicted octanol–water partition coefficient (Wildman–Crippen LogP) is 6.68. The second-order valence-electron chi connectivity index (χ2n) is 14.0. The smallest absolute Gasteiger partial charge is 0.234 e. The van der Waals surface area contributed by atoms with E-state index in [2.05, 4.69) is 0 Å².